The van der Waals surface area contributed by atoms with E-state index in [1.165, 1.54) is 11.1 Å². The molecule has 1 aromatic carbocycles. The molecule has 68 valence electrons. The molecule has 13 heavy (non-hydrogen) atoms. The van der Waals surface area contributed by atoms with Gasteiger partial charge in [-0.2, -0.15) is 0 Å². The van der Waals surface area contributed by atoms with Gasteiger partial charge in [0, 0.05) is 24.2 Å². The molecule has 1 N–H and O–H groups in total. The van der Waals surface area contributed by atoms with E-state index in [4.69, 9.17) is 0 Å². The van der Waals surface area contributed by atoms with E-state index in [-0.39, 0.29) is 5.78 Å². The lowest BCUT2D eigenvalue weighted by atomic mass is 9.97. The molecule has 2 heteroatoms. The van der Waals surface area contributed by atoms with Crippen LogP contribution < -0.4 is 5.32 Å². The van der Waals surface area contributed by atoms with Crippen LogP contribution in [0.4, 0.5) is 5.69 Å². The smallest absolute Gasteiger partial charge is 0.166 e. The Kier molecular flexibility index (Phi) is 1.83. The van der Waals surface area contributed by atoms with Gasteiger partial charge in [-0.3, -0.25) is 4.79 Å². The van der Waals surface area contributed by atoms with Gasteiger partial charge >= 0.3 is 0 Å². The van der Waals surface area contributed by atoms with Crippen molar-refractivity contribution in [1.29, 1.82) is 0 Å². The number of carbonyl (C=O) groups excluding carboxylic acids is 1. The molecule has 1 aromatic rings. The van der Waals surface area contributed by atoms with E-state index in [0.29, 0.717) is 6.42 Å². The van der Waals surface area contributed by atoms with Crippen LogP contribution in [0.15, 0.2) is 12.1 Å². The highest BCUT2D eigenvalue weighted by molar-refractivity contribution is 6.03. The molecule has 0 radical (unpaired) electrons. The van der Waals surface area contributed by atoms with E-state index in [0.717, 1.165) is 17.8 Å². The Morgan fingerprint density at radius 3 is 2.69 bits per heavy atom. The van der Waals surface area contributed by atoms with Gasteiger partial charge in [0.15, 0.2) is 5.78 Å². The summed E-state index contributed by atoms with van der Waals surface area (Å²) < 4.78 is 0. The molecular formula is C11H13NO. The van der Waals surface area contributed by atoms with Crippen LogP contribution in [0.3, 0.4) is 0 Å². The summed E-state index contributed by atoms with van der Waals surface area (Å²) >= 11 is 0. The lowest BCUT2D eigenvalue weighted by molar-refractivity contribution is 0.0983. The Labute approximate surface area is 78.0 Å². The first-order valence-corrected chi connectivity index (χ1v) is 4.57. The molecule has 2 nitrogen and oxygen atoms in total. The summed E-state index contributed by atoms with van der Waals surface area (Å²) in [5.41, 5.74) is 4.28. The van der Waals surface area contributed by atoms with Crippen LogP contribution >= 0.6 is 0 Å². The third-order valence-corrected chi connectivity index (χ3v) is 2.60. The molecule has 1 aliphatic heterocycles. The average molecular weight is 175 g/mol. The standard InChI is InChI=1S/C11H13NO/c1-7-5-9-10(6-8(7)2)12-4-3-11(9)13/h5-6,12H,3-4H2,1-2H3. The minimum absolute atomic E-state index is 0.261. The fourth-order valence-corrected chi connectivity index (χ4v) is 1.64. The van der Waals surface area contributed by atoms with Gasteiger partial charge in [0.25, 0.3) is 0 Å². The van der Waals surface area contributed by atoms with Gasteiger partial charge < -0.3 is 5.32 Å². The quantitative estimate of drug-likeness (QED) is 0.655. The van der Waals surface area contributed by atoms with E-state index in [1.54, 1.807) is 0 Å². The first kappa shape index (κ1) is 8.30. The fraction of sp³-hybridized carbons (Fsp3) is 0.364. The number of ketones is 1. The highest BCUT2D eigenvalue weighted by Crippen LogP contribution is 2.25. The van der Waals surface area contributed by atoms with Crippen molar-refractivity contribution in [3.63, 3.8) is 0 Å². The summed E-state index contributed by atoms with van der Waals surface area (Å²) in [7, 11) is 0. The van der Waals surface area contributed by atoms with Crippen LogP contribution in [-0.4, -0.2) is 12.3 Å². The van der Waals surface area contributed by atoms with Crippen molar-refractivity contribution >= 4 is 11.5 Å². The van der Waals surface area contributed by atoms with Crippen LogP contribution in [0.1, 0.15) is 27.9 Å². The Bertz CT molecular complexity index is 369. The Hall–Kier alpha value is -1.31. The molecule has 0 aromatic heterocycles. The van der Waals surface area contributed by atoms with Gasteiger partial charge in [0.05, 0.1) is 0 Å². The number of anilines is 1. The molecule has 0 saturated heterocycles. The number of Topliss-reactive ketones (excluding diaryl/α,β-unsaturated/α-hetero) is 1. The van der Waals surface area contributed by atoms with Gasteiger partial charge in [-0.25, -0.2) is 0 Å². The minimum Gasteiger partial charge on any atom is -0.384 e. The predicted octanol–water partition coefficient (Wildman–Crippen LogP) is 2.30. The summed E-state index contributed by atoms with van der Waals surface area (Å²) in [5.74, 6) is 0.261. The summed E-state index contributed by atoms with van der Waals surface area (Å²) in [6.07, 6.45) is 0.621. The molecule has 1 heterocycles. The highest BCUT2D eigenvalue weighted by Gasteiger charge is 2.16. The first-order valence-electron chi connectivity index (χ1n) is 4.57. The lowest BCUT2D eigenvalue weighted by Crippen LogP contribution is -2.18. The van der Waals surface area contributed by atoms with Gasteiger partial charge in [-0.1, -0.05) is 0 Å². The SMILES string of the molecule is Cc1cc2c(cc1C)C(=O)CCN2. The van der Waals surface area contributed by atoms with Crippen LogP contribution in [0, 0.1) is 13.8 Å². The molecule has 0 saturated carbocycles. The van der Waals surface area contributed by atoms with E-state index in [9.17, 15) is 4.79 Å². The maximum Gasteiger partial charge on any atom is 0.166 e. The van der Waals surface area contributed by atoms with Crippen molar-refractivity contribution in [2.24, 2.45) is 0 Å². The second-order valence-corrected chi connectivity index (χ2v) is 3.58. The molecule has 0 bridgehead atoms. The summed E-state index contributed by atoms with van der Waals surface area (Å²) in [6.45, 7) is 4.88. The number of benzene rings is 1. The van der Waals surface area contributed by atoms with Crippen LogP contribution in [0.5, 0.6) is 0 Å². The second kappa shape index (κ2) is 2.87. The fourth-order valence-electron chi connectivity index (χ4n) is 1.64. The molecule has 0 amide bonds. The normalized spacial score (nSPS) is 15.1. The zero-order chi connectivity index (χ0) is 9.42. The second-order valence-electron chi connectivity index (χ2n) is 3.58. The largest absolute Gasteiger partial charge is 0.384 e. The number of fused-ring (bicyclic) bond motifs is 1. The van der Waals surface area contributed by atoms with E-state index >= 15 is 0 Å². The molecule has 1 aliphatic rings. The molecule has 0 spiro atoms. The number of aryl methyl sites for hydroxylation is 2. The van der Waals surface area contributed by atoms with E-state index in [1.807, 2.05) is 13.0 Å². The number of rotatable bonds is 0. The third-order valence-electron chi connectivity index (χ3n) is 2.60. The number of carbonyl (C=O) groups is 1. The van der Waals surface area contributed by atoms with Crippen molar-refractivity contribution in [2.75, 3.05) is 11.9 Å². The Balaban J connectivity index is 2.58. The van der Waals surface area contributed by atoms with Gasteiger partial charge in [0.1, 0.15) is 0 Å². The number of nitrogens with one attached hydrogen (secondary N) is 1. The van der Waals surface area contributed by atoms with Gasteiger partial charge in [-0.15, -0.1) is 0 Å². The van der Waals surface area contributed by atoms with E-state index in [2.05, 4.69) is 18.3 Å². The van der Waals surface area contributed by atoms with Gasteiger partial charge in [-0.05, 0) is 37.1 Å². The van der Waals surface area contributed by atoms with Crippen LogP contribution in [0.25, 0.3) is 0 Å². The zero-order valence-corrected chi connectivity index (χ0v) is 7.98. The zero-order valence-electron chi connectivity index (χ0n) is 7.98. The monoisotopic (exact) mass is 175 g/mol. The average Bonchev–Trinajstić information content (AvgIpc) is 2.09. The molecule has 0 fully saturated rings. The number of hydrogen-bond acceptors (Lipinski definition) is 2. The summed E-state index contributed by atoms with van der Waals surface area (Å²) in [5, 5.41) is 3.24. The number of hydrogen-bond donors (Lipinski definition) is 1. The maximum absolute atomic E-state index is 11.5. The van der Waals surface area contributed by atoms with Crippen molar-refractivity contribution in [3.05, 3.63) is 28.8 Å². The maximum atomic E-state index is 11.5. The van der Waals surface area contributed by atoms with Crippen molar-refractivity contribution in [1.82, 2.24) is 0 Å². The van der Waals surface area contributed by atoms with E-state index < -0.39 is 0 Å². The molecular weight excluding hydrogens is 162 g/mol. The Morgan fingerprint density at radius 2 is 1.92 bits per heavy atom. The summed E-state index contributed by atoms with van der Waals surface area (Å²) in [4.78, 5) is 11.5. The van der Waals surface area contributed by atoms with Crippen molar-refractivity contribution in [2.45, 2.75) is 20.3 Å². The van der Waals surface area contributed by atoms with Crippen molar-refractivity contribution < 1.29 is 4.79 Å². The predicted molar refractivity (Wildman–Crippen MR) is 53.4 cm³/mol. The minimum atomic E-state index is 0.261. The molecule has 0 aliphatic carbocycles. The molecule has 2 rings (SSSR count). The first-order chi connectivity index (χ1) is 6.18. The highest BCUT2D eigenvalue weighted by atomic mass is 16.1. The Morgan fingerprint density at radius 1 is 1.23 bits per heavy atom. The van der Waals surface area contributed by atoms with Crippen LogP contribution in [0.2, 0.25) is 0 Å². The van der Waals surface area contributed by atoms with Crippen LogP contribution in [-0.2, 0) is 0 Å². The summed E-state index contributed by atoms with van der Waals surface area (Å²) in [6, 6.07) is 4.04. The van der Waals surface area contributed by atoms with Crippen molar-refractivity contribution in [3.8, 4) is 0 Å². The van der Waals surface area contributed by atoms with Gasteiger partial charge in [0.2, 0.25) is 0 Å². The third kappa shape index (κ3) is 1.32. The lowest BCUT2D eigenvalue weighted by Gasteiger charge is -2.18. The molecule has 0 atom stereocenters. The molecule has 0 unspecified atom stereocenters. The topological polar surface area (TPSA) is 29.1 Å².